The maximum absolute atomic E-state index is 11.9. The Kier molecular flexibility index (Phi) is 4.90. The van der Waals surface area contributed by atoms with Gasteiger partial charge in [0, 0.05) is 11.3 Å². The first-order valence-corrected chi connectivity index (χ1v) is 6.96. The monoisotopic (exact) mass is 299 g/mol. The van der Waals surface area contributed by atoms with E-state index in [0.29, 0.717) is 10.7 Å². The Hall–Kier alpha value is -2.40. The molecule has 0 heterocycles. The molecule has 0 atom stereocenters. The van der Waals surface area contributed by atoms with Crippen LogP contribution in [0.15, 0.2) is 48.5 Å². The molecule has 0 aliphatic rings. The molecule has 0 fully saturated rings. The Morgan fingerprint density at radius 2 is 1.67 bits per heavy atom. The molecule has 4 nitrogen and oxygen atoms in total. The number of aryl methyl sites for hydroxylation is 2. The summed E-state index contributed by atoms with van der Waals surface area (Å²) >= 11 is 5.13. The van der Waals surface area contributed by atoms with Crippen molar-refractivity contribution in [2.45, 2.75) is 13.8 Å². The molecule has 2 aromatic carbocycles. The van der Waals surface area contributed by atoms with Gasteiger partial charge in [-0.2, -0.15) is 0 Å². The predicted molar refractivity (Wildman–Crippen MR) is 89.2 cm³/mol. The van der Waals surface area contributed by atoms with Gasteiger partial charge in [-0.1, -0.05) is 29.8 Å². The third-order valence-electron chi connectivity index (χ3n) is 2.88. The normalized spacial score (nSPS) is 9.81. The molecule has 0 aliphatic carbocycles. The van der Waals surface area contributed by atoms with E-state index in [2.05, 4.69) is 16.2 Å². The average molecular weight is 299 g/mol. The molecular formula is C16H17N3OS. The van der Waals surface area contributed by atoms with Gasteiger partial charge in [0.05, 0.1) is 0 Å². The lowest BCUT2D eigenvalue weighted by molar-refractivity contribution is 0.0944. The summed E-state index contributed by atoms with van der Waals surface area (Å²) in [6.07, 6.45) is 0. The zero-order valence-corrected chi connectivity index (χ0v) is 12.8. The maximum Gasteiger partial charge on any atom is 0.269 e. The van der Waals surface area contributed by atoms with Crippen LogP contribution in [0.2, 0.25) is 0 Å². The van der Waals surface area contributed by atoms with E-state index in [-0.39, 0.29) is 5.91 Å². The number of carbonyl (C=O) groups is 1. The number of nitrogens with one attached hydrogen (secondary N) is 3. The van der Waals surface area contributed by atoms with Crippen LogP contribution in [0.5, 0.6) is 0 Å². The lowest BCUT2D eigenvalue weighted by Gasteiger charge is -2.12. The zero-order chi connectivity index (χ0) is 15.2. The van der Waals surface area contributed by atoms with Crippen molar-refractivity contribution in [3.05, 3.63) is 65.2 Å². The van der Waals surface area contributed by atoms with Gasteiger partial charge in [0.1, 0.15) is 0 Å². The summed E-state index contributed by atoms with van der Waals surface area (Å²) < 4.78 is 0. The van der Waals surface area contributed by atoms with E-state index in [1.165, 1.54) is 0 Å². The van der Waals surface area contributed by atoms with E-state index in [1.54, 1.807) is 12.1 Å². The molecule has 0 bridgehead atoms. The molecule has 3 N–H and O–H groups in total. The van der Waals surface area contributed by atoms with Crippen molar-refractivity contribution < 1.29 is 4.79 Å². The van der Waals surface area contributed by atoms with E-state index in [9.17, 15) is 4.79 Å². The van der Waals surface area contributed by atoms with E-state index < -0.39 is 0 Å². The molecule has 5 heteroatoms. The molecule has 0 radical (unpaired) electrons. The topological polar surface area (TPSA) is 53.2 Å². The van der Waals surface area contributed by atoms with Crippen LogP contribution in [0.1, 0.15) is 21.5 Å². The summed E-state index contributed by atoms with van der Waals surface area (Å²) in [6.45, 7) is 3.97. The third kappa shape index (κ3) is 4.57. The SMILES string of the molecule is Cc1ccc(C(=O)NNC(=S)Nc2cccc(C)c2)cc1. The van der Waals surface area contributed by atoms with Crippen LogP contribution in [-0.4, -0.2) is 11.0 Å². The highest BCUT2D eigenvalue weighted by molar-refractivity contribution is 7.80. The Morgan fingerprint density at radius 3 is 2.33 bits per heavy atom. The maximum atomic E-state index is 11.9. The summed E-state index contributed by atoms with van der Waals surface area (Å²) in [5, 5.41) is 3.34. The second-order valence-corrected chi connectivity index (χ2v) is 5.18. The third-order valence-corrected chi connectivity index (χ3v) is 3.08. The van der Waals surface area contributed by atoms with E-state index in [0.717, 1.165) is 16.8 Å². The van der Waals surface area contributed by atoms with Crippen molar-refractivity contribution in [2.24, 2.45) is 0 Å². The van der Waals surface area contributed by atoms with Crippen LogP contribution in [0.25, 0.3) is 0 Å². The predicted octanol–water partition coefficient (Wildman–Crippen LogP) is 2.93. The minimum absolute atomic E-state index is 0.233. The Balaban J connectivity index is 1.86. The van der Waals surface area contributed by atoms with Crippen LogP contribution in [0.4, 0.5) is 5.69 Å². The number of hydrogen-bond acceptors (Lipinski definition) is 2. The lowest BCUT2D eigenvalue weighted by atomic mass is 10.1. The molecule has 0 aromatic heterocycles. The van der Waals surface area contributed by atoms with Crippen LogP contribution in [0, 0.1) is 13.8 Å². The highest BCUT2D eigenvalue weighted by Gasteiger charge is 2.05. The van der Waals surface area contributed by atoms with Gasteiger partial charge >= 0.3 is 0 Å². The Morgan fingerprint density at radius 1 is 0.952 bits per heavy atom. The summed E-state index contributed by atoms with van der Waals surface area (Å²) in [4.78, 5) is 11.9. The molecule has 0 spiro atoms. The minimum atomic E-state index is -0.233. The molecule has 108 valence electrons. The van der Waals surface area contributed by atoms with Crippen molar-refractivity contribution in [3.63, 3.8) is 0 Å². The van der Waals surface area contributed by atoms with Crippen molar-refractivity contribution in [2.75, 3.05) is 5.32 Å². The van der Waals surface area contributed by atoms with Gasteiger partial charge in [-0.05, 0) is 55.9 Å². The second-order valence-electron chi connectivity index (χ2n) is 4.77. The van der Waals surface area contributed by atoms with Gasteiger partial charge in [-0.15, -0.1) is 0 Å². The van der Waals surface area contributed by atoms with Gasteiger partial charge in [-0.3, -0.25) is 15.6 Å². The number of carbonyl (C=O) groups excluding carboxylic acids is 1. The molecule has 1 amide bonds. The highest BCUT2D eigenvalue weighted by Crippen LogP contribution is 2.09. The summed E-state index contributed by atoms with van der Waals surface area (Å²) in [7, 11) is 0. The number of amides is 1. The zero-order valence-electron chi connectivity index (χ0n) is 11.9. The summed E-state index contributed by atoms with van der Waals surface area (Å²) in [6, 6.07) is 15.1. The second kappa shape index (κ2) is 6.85. The molecule has 0 saturated carbocycles. The molecule has 2 rings (SSSR count). The fourth-order valence-electron chi connectivity index (χ4n) is 1.78. The fourth-order valence-corrected chi connectivity index (χ4v) is 1.94. The summed E-state index contributed by atoms with van der Waals surface area (Å²) in [5.74, 6) is -0.233. The summed E-state index contributed by atoms with van der Waals surface area (Å²) in [5.41, 5.74) is 8.93. The van der Waals surface area contributed by atoms with Gasteiger partial charge in [0.15, 0.2) is 5.11 Å². The van der Waals surface area contributed by atoms with Crippen molar-refractivity contribution in [1.29, 1.82) is 0 Å². The Bertz CT molecular complexity index is 653. The smallest absolute Gasteiger partial charge is 0.269 e. The first-order valence-electron chi connectivity index (χ1n) is 6.55. The first-order chi connectivity index (χ1) is 10.0. The van der Waals surface area contributed by atoms with E-state index in [1.807, 2.05) is 50.2 Å². The number of anilines is 1. The van der Waals surface area contributed by atoms with Crippen LogP contribution < -0.4 is 16.2 Å². The molecule has 21 heavy (non-hydrogen) atoms. The molecule has 0 unspecified atom stereocenters. The van der Waals surface area contributed by atoms with Crippen molar-refractivity contribution >= 4 is 28.9 Å². The number of benzene rings is 2. The molecule has 0 saturated heterocycles. The van der Waals surface area contributed by atoms with Gasteiger partial charge in [0.2, 0.25) is 0 Å². The van der Waals surface area contributed by atoms with E-state index >= 15 is 0 Å². The largest absolute Gasteiger partial charge is 0.331 e. The van der Waals surface area contributed by atoms with Crippen molar-refractivity contribution in [3.8, 4) is 0 Å². The number of hydrogen-bond donors (Lipinski definition) is 3. The van der Waals surface area contributed by atoms with Crippen LogP contribution in [0.3, 0.4) is 0 Å². The molecule has 0 aliphatic heterocycles. The quantitative estimate of drug-likeness (QED) is 0.589. The Labute approximate surface area is 129 Å². The van der Waals surface area contributed by atoms with E-state index in [4.69, 9.17) is 12.2 Å². The molecule has 2 aromatic rings. The lowest BCUT2D eigenvalue weighted by Crippen LogP contribution is -2.43. The van der Waals surface area contributed by atoms with Gasteiger partial charge in [-0.25, -0.2) is 0 Å². The van der Waals surface area contributed by atoms with Crippen LogP contribution in [-0.2, 0) is 0 Å². The van der Waals surface area contributed by atoms with Crippen molar-refractivity contribution in [1.82, 2.24) is 10.9 Å². The number of hydrazine groups is 1. The fraction of sp³-hybridized carbons (Fsp3) is 0.125. The van der Waals surface area contributed by atoms with Gasteiger partial charge < -0.3 is 5.32 Å². The number of rotatable bonds is 2. The van der Waals surface area contributed by atoms with Gasteiger partial charge in [0.25, 0.3) is 5.91 Å². The number of thiocarbonyl (C=S) groups is 1. The first kappa shape index (κ1) is 15.0. The van der Waals surface area contributed by atoms with Crippen LogP contribution >= 0.6 is 12.2 Å². The minimum Gasteiger partial charge on any atom is -0.331 e. The average Bonchev–Trinajstić information content (AvgIpc) is 2.45. The standard InChI is InChI=1S/C16H17N3OS/c1-11-6-8-13(9-7-11)15(20)18-19-16(21)17-14-5-3-4-12(2)10-14/h3-10H,1-2H3,(H,18,20)(H2,17,19,21). The molecular weight excluding hydrogens is 282 g/mol. The highest BCUT2D eigenvalue weighted by atomic mass is 32.1.